The number of nitrogens with zero attached hydrogens (tertiary/aromatic N) is 3. The van der Waals surface area contributed by atoms with Crippen LogP contribution in [0.3, 0.4) is 0 Å². The van der Waals surface area contributed by atoms with Gasteiger partial charge in [0.1, 0.15) is 16.8 Å². The van der Waals surface area contributed by atoms with Crippen molar-refractivity contribution in [3.05, 3.63) is 60.2 Å². The zero-order valence-corrected chi connectivity index (χ0v) is 11.9. The molecule has 2 aromatic heterocycles. The number of benzene rings is 2. The Labute approximate surface area is 132 Å². The minimum atomic E-state index is -1.51. The van der Waals surface area contributed by atoms with E-state index in [-0.39, 0.29) is 0 Å². The summed E-state index contributed by atoms with van der Waals surface area (Å²) in [5.41, 5.74) is -0.946. The van der Waals surface area contributed by atoms with Gasteiger partial charge in [-0.2, -0.15) is 5.10 Å². The number of aromatic nitrogens is 3. The highest BCUT2D eigenvalue weighted by Crippen LogP contribution is 2.39. The number of rotatable bonds is 2. The van der Waals surface area contributed by atoms with Crippen molar-refractivity contribution >= 4 is 11.1 Å². The second-order valence-electron chi connectivity index (χ2n) is 4.95. The maximum Gasteiger partial charge on any atom is 0.234 e. The zero-order chi connectivity index (χ0) is 16.8. The van der Waals surface area contributed by atoms with E-state index in [1.54, 1.807) is 24.3 Å². The molecule has 120 valence electrons. The van der Waals surface area contributed by atoms with E-state index in [1.165, 1.54) is 18.5 Å². The van der Waals surface area contributed by atoms with Gasteiger partial charge in [0.15, 0.2) is 28.8 Å². The van der Waals surface area contributed by atoms with Crippen molar-refractivity contribution in [3.8, 4) is 22.9 Å². The lowest BCUT2D eigenvalue weighted by Crippen LogP contribution is -2.06. The van der Waals surface area contributed by atoms with Gasteiger partial charge in [-0.1, -0.05) is 12.1 Å². The van der Waals surface area contributed by atoms with Gasteiger partial charge in [-0.25, -0.2) is 22.8 Å². The molecule has 4 rings (SSSR count). The van der Waals surface area contributed by atoms with Crippen molar-refractivity contribution in [1.29, 1.82) is 0 Å². The third-order valence-electron chi connectivity index (χ3n) is 3.51. The molecule has 24 heavy (non-hydrogen) atoms. The van der Waals surface area contributed by atoms with E-state index in [4.69, 9.17) is 4.42 Å². The Morgan fingerprint density at radius 1 is 1.00 bits per heavy atom. The topological polar surface area (TPSA) is 64.1 Å². The van der Waals surface area contributed by atoms with E-state index in [2.05, 4.69) is 10.1 Å². The van der Waals surface area contributed by atoms with Crippen LogP contribution in [0, 0.1) is 17.5 Å². The summed E-state index contributed by atoms with van der Waals surface area (Å²) in [5, 5.41) is 13.7. The summed E-state index contributed by atoms with van der Waals surface area (Å²) in [4.78, 5) is 3.96. The molecule has 4 aromatic rings. The molecule has 0 fully saturated rings. The van der Waals surface area contributed by atoms with Gasteiger partial charge in [0, 0.05) is 12.4 Å². The van der Waals surface area contributed by atoms with Gasteiger partial charge in [-0.05, 0) is 18.2 Å². The maximum absolute atomic E-state index is 14.5. The van der Waals surface area contributed by atoms with Crippen molar-refractivity contribution in [3.63, 3.8) is 0 Å². The van der Waals surface area contributed by atoms with E-state index in [1.807, 2.05) is 0 Å². The van der Waals surface area contributed by atoms with Crippen molar-refractivity contribution in [1.82, 2.24) is 14.8 Å². The first kappa shape index (κ1) is 14.3. The molecule has 0 aliphatic rings. The highest BCUT2D eigenvalue weighted by molar-refractivity contribution is 5.78. The van der Waals surface area contributed by atoms with Gasteiger partial charge in [0.05, 0.1) is 0 Å². The van der Waals surface area contributed by atoms with Gasteiger partial charge in [-0.15, -0.1) is 0 Å². The molecule has 0 saturated heterocycles. The summed E-state index contributed by atoms with van der Waals surface area (Å²) in [7, 11) is 0. The minimum absolute atomic E-state index is 0.295. The Bertz CT molecular complexity index is 996. The number of aromatic hydroxyl groups is 1. The zero-order valence-electron chi connectivity index (χ0n) is 11.9. The van der Waals surface area contributed by atoms with E-state index in [9.17, 15) is 18.3 Å². The molecular formula is C16H8F3N3O2. The lowest BCUT2D eigenvalue weighted by molar-refractivity contribution is 0.408. The highest BCUT2D eigenvalue weighted by atomic mass is 19.2. The summed E-state index contributed by atoms with van der Waals surface area (Å²) in [5.74, 6) is -5.88. The largest absolute Gasteiger partial charge is 0.504 e. The summed E-state index contributed by atoms with van der Waals surface area (Å²) in [6, 6.07) is 7.89. The third kappa shape index (κ3) is 1.96. The quantitative estimate of drug-likeness (QED) is 0.568. The molecule has 0 spiro atoms. The molecule has 5 nitrogen and oxygen atoms in total. The number of hydrogen-bond donors (Lipinski definition) is 1. The van der Waals surface area contributed by atoms with Crippen LogP contribution in [0.15, 0.2) is 47.1 Å². The molecule has 2 aromatic carbocycles. The summed E-state index contributed by atoms with van der Waals surface area (Å²) >= 11 is 0. The Hall–Kier alpha value is -3.29. The van der Waals surface area contributed by atoms with Gasteiger partial charge in [0.25, 0.3) is 0 Å². The van der Waals surface area contributed by atoms with Gasteiger partial charge >= 0.3 is 0 Å². The lowest BCUT2D eigenvalue weighted by atomic mass is 10.1. The summed E-state index contributed by atoms with van der Waals surface area (Å²) in [6.07, 6.45) is 2.49. The molecular weight excluding hydrogens is 323 g/mol. The monoisotopic (exact) mass is 331 g/mol. The Kier molecular flexibility index (Phi) is 3.05. The van der Waals surface area contributed by atoms with Gasteiger partial charge in [-0.3, -0.25) is 0 Å². The normalized spacial score (nSPS) is 11.3. The lowest BCUT2D eigenvalue weighted by Gasteiger charge is -2.10. The number of phenols is 1. The average molecular weight is 331 g/mol. The first-order valence-corrected chi connectivity index (χ1v) is 6.83. The molecule has 0 unspecified atom stereocenters. The van der Waals surface area contributed by atoms with Crippen LogP contribution in [-0.2, 0) is 0 Å². The fourth-order valence-corrected chi connectivity index (χ4v) is 2.41. The molecule has 8 heteroatoms. The average Bonchev–Trinajstić information content (AvgIpc) is 3.22. The van der Waals surface area contributed by atoms with Crippen molar-refractivity contribution in [2.24, 2.45) is 0 Å². The van der Waals surface area contributed by atoms with Crippen molar-refractivity contribution < 1.29 is 22.7 Å². The van der Waals surface area contributed by atoms with Crippen molar-refractivity contribution in [2.75, 3.05) is 0 Å². The molecule has 0 aliphatic carbocycles. The van der Waals surface area contributed by atoms with E-state index < -0.39 is 40.3 Å². The predicted octanol–water partition coefficient (Wildman–Crippen LogP) is 3.80. The van der Waals surface area contributed by atoms with Crippen LogP contribution in [0.25, 0.3) is 28.2 Å². The van der Waals surface area contributed by atoms with E-state index in [0.717, 1.165) is 4.68 Å². The standard InChI is InChI=1S/C16H8F3N3O2/c17-11-10(16-21-8-4-1-2-5-9(8)24-16)15(23)13(19)14(12(11)18)22-7-3-6-20-22/h1-7,23H. The molecule has 0 saturated carbocycles. The first-order chi connectivity index (χ1) is 11.6. The van der Waals surface area contributed by atoms with Crippen LogP contribution < -0.4 is 0 Å². The Morgan fingerprint density at radius 3 is 2.50 bits per heavy atom. The molecule has 0 radical (unpaired) electrons. The Balaban J connectivity index is 2.00. The first-order valence-electron chi connectivity index (χ1n) is 6.83. The number of para-hydroxylation sites is 2. The molecule has 0 bridgehead atoms. The number of hydrogen-bond acceptors (Lipinski definition) is 4. The summed E-state index contributed by atoms with van der Waals surface area (Å²) in [6.45, 7) is 0. The fourth-order valence-electron chi connectivity index (χ4n) is 2.41. The third-order valence-corrected chi connectivity index (χ3v) is 3.51. The Morgan fingerprint density at radius 2 is 1.79 bits per heavy atom. The number of halogens is 3. The number of phenolic OH excluding ortho intramolecular Hbond substituents is 1. The number of oxazole rings is 1. The van der Waals surface area contributed by atoms with E-state index >= 15 is 0 Å². The van der Waals surface area contributed by atoms with Crippen LogP contribution in [0.5, 0.6) is 5.75 Å². The molecule has 2 heterocycles. The van der Waals surface area contributed by atoms with Gasteiger partial charge < -0.3 is 9.52 Å². The predicted molar refractivity (Wildman–Crippen MR) is 78.1 cm³/mol. The minimum Gasteiger partial charge on any atom is -0.504 e. The smallest absolute Gasteiger partial charge is 0.234 e. The number of fused-ring (bicyclic) bond motifs is 1. The molecule has 0 amide bonds. The van der Waals surface area contributed by atoms with Crippen LogP contribution in [0.1, 0.15) is 0 Å². The van der Waals surface area contributed by atoms with Gasteiger partial charge in [0.2, 0.25) is 5.89 Å². The summed E-state index contributed by atoms with van der Waals surface area (Å²) < 4.78 is 49.3. The van der Waals surface area contributed by atoms with Crippen LogP contribution in [0.2, 0.25) is 0 Å². The van der Waals surface area contributed by atoms with Crippen LogP contribution >= 0.6 is 0 Å². The van der Waals surface area contributed by atoms with E-state index in [0.29, 0.717) is 11.1 Å². The second kappa shape index (κ2) is 5.12. The van der Waals surface area contributed by atoms with Crippen molar-refractivity contribution in [2.45, 2.75) is 0 Å². The second-order valence-corrected chi connectivity index (χ2v) is 4.95. The SMILES string of the molecule is Oc1c(F)c(-n2cccn2)c(F)c(F)c1-c1nc2ccccc2o1. The molecule has 1 N–H and O–H groups in total. The van der Waals surface area contributed by atoms with Crippen LogP contribution in [-0.4, -0.2) is 19.9 Å². The molecule has 0 atom stereocenters. The highest BCUT2D eigenvalue weighted by Gasteiger charge is 2.29. The van der Waals surface area contributed by atoms with Crippen LogP contribution in [0.4, 0.5) is 13.2 Å². The molecule has 0 aliphatic heterocycles. The fraction of sp³-hybridized carbons (Fsp3) is 0. The maximum atomic E-state index is 14.5.